The zero-order valence-corrected chi connectivity index (χ0v) is 14.4. The molecule has 3 amide bonds. The molecule has 0 aromatic rings. The van der Waals surface area contributed by atoms with Crippen molar-refractivity contribution in [3.63, 3.8) is 0 Å². The minimum absolute atomic E-state index is 0.0114. The Morgan fingerprint density at radius 2 is 1.71 bits per heavy atom. The van der Waals surface area contributed by atoms with Gasteiger partial charge in [0.2, 0.25) is 17.7 Å². The number of amides is 3. The largest absolute Gasteiger partial charge is 0.355 e. The van der Waals surface area contributed by atoms with Gasteiger partial charge in [0, 0.05) is 38.0 Å². The van der Waals surface area contributed by atoms with Crippen molar-refractivity contribution in [2.45, 2.75) is 76.3 Å². The predicted molar refractivity (Wildman–Crippen MR) is 90.1 cm³/mol. The van der Waals surface area contributed by atoms with Crippen molar-refractivity contribution in [1.29, 1.82) is 0 Å². The van der Waals surface area contributed by atoms with E-state index >= 15 is 0 Å². The lowest BCUT2D eigenvalue weighted by Gasteiger charge is -2.23. The summed E-state index contributed by atoms with van der Waals surface area (Å²) in [5.74, 6) is -0.216. The molecule has 2 N–H and O–H groups in total. The van der Waals surface area contributed by atoms with Gasteiger partial charge in [0.25, 0.3) is 0 Å². The van der Waals surface area contributed by atoms with E-state index in [2.05, 4.69) is 10.6 Å². The molecule has 2 saturated carbocycles. The first-order valence-electron chi connectivity index (χ1n) is 9.50. The van der Waals surface area contributed by atoms with E-state index < -0.39 is 0 Å². The summed E-state index contributed by atoms with van der Waals surface area (Å²) in [6.07, 6.45) is 9.65. The van der Waals surface area contributed by atoms with E-state index in [1.54, 1.807) is 0 Å². The van der Waals surface area contributed by atoms with E-state index in [1.165, 1.54) is 25.7 Å². The molecule has 6 nitrogen and oxygen atoms in total. The average molecular weight is 335 g/mol. The Labute approximate surface area is 143 Å². The third-order valence-electron chi connectivity index (χ3n) is 5.67. The Kier molecular flexibility index (Phi) is 5.74. The third kappa shape index (κ3) is 4.28. The van der Waals surface area contributed by atoms with Crippen molar-refractivity contribution in [2.24, 2.45) is 5.92 Å². The molecule has 3 rings (SSSR count). The van der Waals surface area contributed by atoms with Crippen molar-refractivity contribution >= 4 is 17.7 Å². The molecule has 6 heteroatoms. The van der Waals surface area contributed by atoms with Crippen LogP contribution in [0.5, 0.6) is 0 Å². The van der Waals surface area contributed by atoms with Crippen LogP contribution in [0, 0.1) is 5.92 Å². The predicted octanol–water partition coefficient (Wildman–Crippen LogP) is 1.34. The number of carbonyl (C=O) groups is 3. The molecule has 1 aliphatic heterocycles. The lowest BCUT2D eigenvalue weighted by atomic mass is 10.1. The van der Waals surface area contributed by atoms with E-state index in [4.69, 9.17) is 0 Å². The SMILES string of the molecule is O=C(CCNC(=O)C1CC(=O)N(C2CCCC2)C1)NC1CCCC1. The lowest BCUT2D eigenvalue weighted by molar-refractivity contribution is -0.130. The van der Waals surface area contributed by atoms with Crippen LogP contribution in [0.25, 0.3) is 0 Å². The maximum Gasteiger partial charge on any atom is 0.225 e. The molecular weight excluding hydrogens is 306 g/mol. The minimum Gasteiger partial charge on any atom is -0.355 e. The van der Waals surface area contributed by atoms with E-state index in [0.29, 0.717) is 38.0 Å². The molecular formula is C18H29N3O3. The molecule has 0 bridgehead atoms. The van der Waals surface area contributed by atoms with Crippen molar-refractivity contribution < 1.29 is 14.4 Å². The molecule has 1 heterocycles. The third-order valence-corrected chi connectivity index (χ3v) is 5.67. The Bertz CT molecular complexity index is 482. The number of carbonyl (C=O) groups excluding carboxylic acids is 3. The van der Waals surface area contributed by atoms with Crippen LogP contribution in [-0.2, 0) is 14.4 Å². The van der Waals surface area contributed by atoms with Crippen molar-refractivity contribution in [1.82, 2.24) is 15.5 Å². The van der Waals surface area contributed by atoms with Crippen LogP contribution in [0.15, 0.2) is 0 Å². The maximum absolute atomic E-state index is 12.3. The molecule has 134 valence electrons. The van der Waals surface area contributed by atoms with Gasteiger partial charge in [-0.25, -0.2) is 0 Å². The summed E-state index contributed by atoms with van der Waals surface area (Å²) in [6, 6.07) is 0.660. The molecule has 0 aromatic heterocycles. The quantitative estimate of drug-likeness (QED) is 0.769. The van der Waals surface area contributed by atoms with E-state index in [9.17, 15) is 14.4 Å². The number of rotatable bonds is 6. The molecule has 3 aliphatic rings. The minimum atomic E-state index is -0.254. The first-order valence-corrected chi connectivity index (χ1v) is 9.50. The van der Waals surface area contributed by atoms with E-state index in [-0.39, 0.29) is 23.6 Å². The topological polar surface area (TPSA) is 78.5 Å². The van der Waals surface area contributed by atoms with Gasteiger partial charge < -0.3 is 15.5 Å². The van der Waals surface area contributed by atoms with Gasteiger partial charge >= 0.3 is 0 Å². The van der Waals surface area contributed by atoms with Crippen LogP contribution >= 0.6 is 0 Å². The van der Waals surface area contributed by atoms with E-state index in [0.717, 1.165) is 25.7 Å². The fourth-order valence-corrected chi connectivity index (χ4v) is 4.29. The van der Waals surface area contributed by atoms with Gasteiger partial charge in [0.15, 0.2) is 0 Å². The number of likely N-dealkylation sites (tertiary alicyclic amines) is 1. The second-order valence-electron chi connectivity index (χ2n) is 7.48. The molecule has 0 spiro atoms. The molecule has 1 unspecified atom stereocenters. The van der Waals surface area contributed by atoms with E-state index in [1.807, 2.05) is 4.90 Å². The summed E-state index contributed by atoms with van der Waals surface area (Å²) < 4.78 is 0. The summed E-state index contributed by atoms with van der Waals surface area (Å²) in [6.45, 7) is 0.898. The number of hydrogen-bond acceptors (Lipinski definition) is 3. The van der Waals surface area contributed by atoms with Gasteiger partial charge in [-0.1, -0.05) is 25.7 Å². The highest BCUT2D eigenvalue weighted by Crippen LogP contribution is 2.29. The second-order valence-corrected chi connectivity index (χ2v) is 7.48. The fourth-order valence-electron chi connectivity index (χ4n) is 4.29. The van der Waals surface area contributed by atoms with Gasteiger partial charge in [-0.2, -0.15) is 0 Å². The van der Waals surface area contributed by atoms with Crippen LogP contribution in [0.4, 0.5) is 0 Å². The fraction of sp³-hybridized carbons (Fsp3) is 0.833. The van der Waals surface area contributed by atoms with Gasteiger partial charge in [-0.15, -0.1) is 0 Å². The lowest BCUT2D eigenvalue weighted by Crippen LogP contribution is -2.39. The summed E-state index contributed by atoms with van der Waals surface area (Å²) in [5.41, 5.74) is 0. The summed E-state index contributed by atoms with van der Waals surface area (Å²) in [5, 5.41) is 5.85. The summed E-state index contributed by atoms with van der Waals surface area (Å²) in [4.78, 5) is 38.2. The highest BCUT2D eigenvalue weighted by atomic mass is 16.2. The Balaban J connectivity index is 1.36. The van der Waals surface area contributed by atoms with Crippen molar-refractivity contribution in [2.75, 3.05) is 13.1 Å². The van der Waals surface area contributed by atoms with Gasteiger partial charge in [0.05, 0.1) is 5.92 Å². The number of nitrogens with one attached hydrogen (secondary N) is 2. The summed E-state index contributed by atoms with van der Waals surface area (Å²) >= 11 is 0. The molecule has 0 radical (unpaired) electrons. The van der Waals surface area contributed by atoms with Crippen LogP contribution in [0.1, 0.15) is 64.2 Å². The molecule has 3 fully saturated rings. The second kappa shape index (κ2) is 7.99. The highest BCUT2D eigenvalue weighted by Gasteiger charge is 2.38. The molecule has 24 heavy (non-hydrogen) atoms. The van der Waals surface area contributed by atoms with Gasteiger partial charge in [-0.05, 0) is 25.7 Å². The van der Waals surface area contributed by atoms with Crippen LogP contribution in [0.2, 0.25) is 0 Å². The zero-order chi connectivity index (χ0) is 16.9. The zero-order valence-electron chi connectivity index (χ0n) is 14.4. The Hall–Kier alpha value is -1.59. The molecule has 2 aliphatic carbocycles. The van der Waals surface area contributed by atoms with Crippen molar-refractivity contribution in [3.8, 4) is 0 Å². The average Bonchev–Trinajstić information content (AvgIpc) is 3.27. The normalized spacial score (nSPS) is 25.4. The molecule has 1 atom stereocenters. The number of nitrogens with zero attached hydrogens (tertiary/aromatic N) is 1. The van der Waals surface area contributed by atoms with Gasteiger partial charge in [0.1, 0.15) is 0 Å². The van der Waals surface area contributed by atoms with Crippen LogP contribution < -0.4 is 10.6 Å². The smallest absolute Gasteiger partial charge is 0.225 e. The molecule has 1 saturated heterocycles. The summed E-state index contributed by atoms with van der Waals surface area (Å²) in [7, 11) is 0. The van der Waals surface area contributed by atoms with Crippen molar-refractivity contribution in [3.05, 3.63) is 0 Å². The monoisotopic (exact) mass is 335 g/mol. The Morgan fingerprint density at radius 3 is 2.42 bits per heavy atom. The molecule has 0 aromatic carbocycles. The van der Waals surface area contributed by atoms with Crippen LogP contribution in [-0.4, -0.2) is 47.8 Å². The first kappa shape index (κ1) is 17.2. The Morgan fingerprint density at radius 1 is 1.04 bits per heavy atom. The van der Waals surface area contributed by atoms with Crippen LogP contribution in [0.3, 0.4) is 0 Å². The maximum atomic E-state index is 12.3. The first-order chi connectivity index (χ1) is 11.6. The highest BCUT2D eigenvalue weighted by molar-refractivity contribution is 5.89. The number of hydrogen-bond donors (Lipinski definition) is 2. The van der Waals surface area contributed by atoms with Gasteiger partial charge in [-0.3, -0.25) is 14.4 Å². The standard InChI is InChI=1S/C18H29N3O3/c22-16(20-14-5-1-2-6-14)9-10-19-18(24)13-11-17(23)21(12-13)15-7-3-4-8-15/h13-15H,1-12H2,(H,19,24)(H,20,22).